The largest absolute Gasteiger partial charge is 0.495 e. The Labute approximate surface area is 180 Å². The van der Waals surface area contributed by atoms with E-state index in [-0.39, 0.29) is 18.0 Å². The van der Waals surface area contributed by atoms with Crippen LogP contribution in [-0.2, 0) is 6.54 Å². The topological polar surface area (TPSA) is 62.4 Å². The van der Waals surface area contributed by atoms with E-state index in [4.69, 9.17) is 4.74 Å². The molecule has 31 heavy (non-hydrogen) atoms. The highest BCUT2D eigenvalue weighted by molar-refractivity contribution is 6.06. The van der Waals surface area contributed by atoms with Crippen LogP contribution < -0.4 is 15.2 Å². The van der Waals surface area contributed by atoms with E-state index in [1.165, 1.54) is 0 Å². The number of pyridine rings is 1. The molecule has 1 heterocycles. The molecule has 4 rings (SSSR count). The lowest BCUT2D eigenvalue weighted by atomic mass is 10.1. The van der Waals surface area contributed by atoms with Crippen LogP contribution in [0.4, 0.5) is 5.69 Å². The average Bonchev–Trinajstić information content (AvgIpc) is 2.78. The second-order valence-electron chi connectivity index (χ2n) is 7.64. The van der Waals surface area contributed by atoms with Gasteiger partial charge in [-0.15, -0.1) is 0 Å². The van der Waals surface area contributed by atoms with E-state index in [1.54, 1.807) is 30.2 Å². The summed E-state index contributed by atoms with van der Waals surface area (Å²) in [5.74, 6) is 0.365. The first-order valence-electron chi connectivity index (χ1n) is 10.1. The normalized spacial score (nSPS) is 10.8. The number of aromatic amines is 1. The van der Waals surface area contributed by atoms with Gasteiger partial charge < -0.3 is 14.6 Å². The molecule has 5 nitrogen and oxygen atoms in total. The molecule has 1 amide bonds. The number of anilines is 1. The summed E-state index contributed by atoms with van der Waals surface area (Å²) in [4.78, 5) is 30.9. The third-order valence-corrected chi connectivity index (χ3v) is 5.33. The zero-order valence-electron chi connectivity index (χ0n) is 17.8. The Morgan fingerprint density at radius 2 is 1.65 bits per heavy atom. The number of aryl methyl sites for hydroxylation is 2. The molecule has 0 aliphatic carbocycles. The van der Waals surface area contributed by atoms with Gasteiger partial charge in [-0.1, -0.05) is 42.0 Å². The van der Waals surface area contributed by atoms with E-state index in [2.05, 4.69) is 4.98 Å². The Morgan fingerprint density at radius 1 is 0.935 bits per heavy atom. The maximum Gasteiger partial charge on any atom is 0.258 e. The Hall–Kier alpha value is -3.86. The first kappa shape index (κ1) is 20.4. The van der Waals surface area contributed by atoms with E-state index in [0.29, 0.717) is 22.6 Å². The van der Waals surface area contributed by atoms with Crippen LogP contribution in [0.15, 0.2) is 77.6 Å². The summed E-state index contributed by atoms with van der Waals surface area (Å²) < 4.78 is 5.50. The molecule has 0 unspecified atom stereocenters. The van der Waals surface area contributed by atoms with Crippen molar-refractivity contribution in [2.24, 2.45) is 0 Å². The molecule has 4 aromatic rings. The van der Waals surface area contributed by atoms with Gasteiger partial charge in [0.15, 0.2) is 0 Å². The number of nitrogens with one attached hydrogen (secondary N) is 1. The summed E-state index contributed by atoms with van der Waals surface area (Å²) in [6, 6.07) is 22.5. The molecule has 0 aliphatic rings. The number of methoxy groups -OCH3 is 1. The lowest BCUT2D eigenvalue weighted by molar-refractivity contribution is 0.0984. The fourth-order valence-corrected chi connectivity index (χ4v) is 3.62. The van der Waals surface area contributed by atoms with Crippen molar-refractivity contribution >= 4 is 22.5 Å². The summed E-state index contributed by atoms with van der Waals surface area (Å²) >= 11 is 0. The van der Waals surface area contributed by atoms with E-state index < -0.39 is 0 Å². The maximum absolute atomic E-state index is 13.5. The number of ether oxygens (including phenoxy) is 1. The minimum atomic E-state index is -0.213. The van der Waals surface area contributed by atoms with E-state index in [9.17, 15) is 9.59 Å². The molecule has 0 atom stereocenters. The number of hydrogen-bond acceptors (Lipinski definition) is 3. The molecule has 3 aromatic carbocycles. The number of hydrogen-bond donors (Lipinski definition) is 1. The predicted molar refractivity (Wildman–Crippen MR) is 124 cm³/mol. The van der Waals surface area contributed by atoms with Crippen LogP contribution in [0.2, 0.25) is 0 Å². The quantitative estimate of drug-likeness (QED) is 0.502. The Morgan fingerprint density at radius 3 is 2.39 bits per heavy atom. The Kier molecular flexibility index (Phi) is 5.58. The number of amides is 1. The Bertz CT molecular complexity index is 1310. The summed E-state index contributed by atoms with van der Waals surface area (Å²) in [5, 5.41) is 0.919. The fourth-order valence-electron chi connectivity index (χ4n) is 3.62. The molecule has 1 N–H and O–H groups in total. The summed E-state index contributed by atoms with van der Waals surface area (Å²) in [6.07, 6.45) is 0. The molecular weight excluding hydrogens is 388 g/mol. The molecule has 0 radical (unpaired) electrons. The van der Waals surface area contributed by atoms with Crippen molar-refractivity contribution in [2.75, 3.05) is 12.0 Å². The first-order valence-corrected chi connectivity index (χ1v) is 10.1. The summed E-state index contributed by atoms with van der Waals surface area (Å²) in [6.45, 7) is 4.07. The molecule has 0 bridgehead atoms. The second-order valence-corrected chi connectivity index (χ2v) is 7.64. The van der Waals surface area contributed by atoms with Crippen LogP contribution >= 0.6 is 0 Å². The van der Waals surface area contributed by atoms with Gasteiger partial charge in [-0.3, -0.25) is 9.59 Å². The number of para-hydroxylation sites is 2. The third-order valence-electron chi connectivity index (χ3n) is 5.33. The standard InChI is InChI=1S/C26H24N2O3/c1-17-8-11-19(12-9-17)26(30)28(23-6-4-5-7-24(23)31-3)16-21-15-20-13-10-18(2)14-22(20)27-25(21)29/h4-15H,16H2,1-3H3,(H,27,29). The average molecular weight is 412 g/mol. The van der Waals surface area contributed by atoms with Crippen molar-refractivity contribution < 1.29 is 9.53 Å². The zero-order chi connectivity index (χ0) is 22.0. The van der Waals surface area contributed by atoms with Gasteiger partial charge in [0.25, 0.3) is 11.5 Å². The molecule has 0 saturated heterocycles. The molecule has 0 fully saturated rings. The monoisotopic (exact) mass is 412 g/mol. The molecule has 0 aliphatic heterocycles. The smallest absolute Gasteiger partial charge is 0.258 e. The maximum atomic E-state index is 13.5. The van der Waals surface area contributed by atoms with Gasteiger partial charge in [-0.2, -0.15) is 0 Å². The first-order chi connectivity index (χ1) is 15.0. The van der Waals surface area contributed by atoms with E-state index in [1.807, 2.05) is 68.4 Å². The number of fused-ring (bicyclic) bond motifs is 1. The van der Waals surface area contributed by atoms with Gasteiger partial charge in [0.1, 0.15) is 5.75 Å². The summed E-state index contributed by atoms with van der Waals surface area (Å²) in [5.41, 5.74) is 4.37. The molecular formula is C26H24N2O3. The number of rotatable bonds is 5. The van der Waals surface area contributed by atoms with Crippen LogP contribution in [0.1, 0.15) is 27.0 Å². The molecule has 1 aromatic heterocycles. The zero-order valence-corrected chi connectivity index (χ0v) is 17.8. The van der Waals surface area contributed by atoms with Crippen molar-refractivity contribution in [1.29, 1.82) is 0 Å². The Balaban J connectivity index is 1.81. The second kappa shape index (κ2) is 8.48. The number of H-pyrrole nitrogens is 1. The number of carbonyl (C=O) groups excluding carboxylic acids is 1. The van der Waals surface area contributed by atoms with Crippen molar-refractivity contribution in [1.82, 2.24) is 4.98 Å². The number of carbonyl (C=O) groups is 1. The summed E-state index contributed by atoms with van der Waals surface area (Å²) in [7, 11) is 1.57. The minimum absolute atomic E-state index is 0.117. The molecule has 156 valence electrons. The fraction of sp³-hybridized carbons (Fsp3) is 0.154. The van der Waals surface area contributed by atoms with Crippen molar-refractivity contribution in [2.45, 2.75) is 20.4 Å². The predicted octanol–water partition coefficient (Wildman–Crippen LogP) is 5.00. The van der Waals surface area contributed by atoms with Crippen molar-refractivity contribution in [3.05, 3.63) is 105 Å². The molecule has 0 saturated carbocycles. The molecule has 0 spiro atoms. The number of aromatic nitrogens is 1. The third kappa shape index (κ3) is 4.21. The van der Waals surface area contributed by atoms with Gasteiger partial charge in [0.05, 0.1) is 19.3 Å². The number of benzene rings is 3. The van der Waals surface area contributed by atoms with Gasteiger partial charge in [-0.25, -0.2) is 0 Å². The minimum Gasteiger partial charge on any atom is -0.495 e. The van der Waals surface area contributed by atoms with Gasteiger partial charge >= 0.3 is 0 Å². The number of nitrogens with zero attached hydrogens (tertiary/aromatic N) is 1. The van der Waals surface area contributed by atoms with Crippen LogP contribution in [0.25, 0.3) is 10.9 Å². The highest BCUT2D eigenvalue weighted by Gasteiger charge is 2.22. The lowest BCUT2D eigenvalue weighted by Crippen LogP contribution is -2.33. The highest BCUT2D eigenvalue weighted by atomic mass is 16.5. The van der Waals surface area contributed by atoms with Crippen LogP contribution in [0, 0.1) is 13.8 Å². The highest BCUT2D eigenvalue weighted by Crippen LogP contribution is 2.30. The van der Waals surface area contributed by atoms with Crippen LogP contribution in [0.3, 0.4) is 0 Å². The van der Waals surface area contributed by atoms with Crippen molar-refractivity contribution in [3.63, 3.8) is 0 Å². The van der Waals surface area contributed by atoms with Gasteiger partial charge in [0, 0.05) is 16.6 Å². The van der Waals surface area contributed by atoms with Gasteiger partial charge in [-0.05, 0) is 61.2 Å². The van der Waals surface area contributed by atoms with E-state index >= 15 is 0 Å². The van der Waals surface area contributed by atoms with Gasteiger partial charge in [0.2, 0.25) is 0 Å². The van der Waals surface area contributed by atoms with E-state index in [0.717, 1.165) is 22.0 Å². The van der Waals surface area contributed by atoms with Crippen LogP contribution in [0.5, 0.6) is 5.75 Å². The SMILES string of the molecule is COc1ccccc1N(Cc1cc2ccc(C)cc2[nH]c1=O)C(=O)c1ccc(C)cc1. The van der Waals surface area contributed by atoms with Crippen molar-refractivity contribution in [3.8, 4) is 5.75 Å². The lowest BCUT2D eigenvalue weighted by Gasteiger charge is -2.25. The van der Waals surface area contributed by atoms with Crippen LogP contribution in [-0.4, -0.2) is 18.0 Å². The molecule has 5 heteroatoms.